The van der Waals surface area contributed by atoms with Gasteiger partial charge in [-0.1, -0.05) is 6.92 Å². The van der Waals surface area contributed by atoms with Gasteiger partial charge in [-0.3, -0.25) is 9.78 Å². The van der Waals surface area contributed by atoms with Crippen LogP contribution in [-0.2, 0) is 6.42 Å². The van der Waals surface area contributed by atoms with E-state index in [0.717, 1.165) is 24.7 Å². The molecule has 1 aromatic rings. The highest BCUT2D eigenvalue weighted by atomic mass is 16.1. The van der Waals surface area contributed by atoms with Crippen LogP contribution >= 0.6 is 0 Å². The zero-order valence-electron chi connectivity index (χ0n) is 7.08. The summed E-state index contributed by atoms with van der Waals surface area (Å²) in [6, 6.07) is 0. The van der Waals surface area contributed by atoms with Crippen molar-refractivity contribution in [1.82, 2.24) is 4.98 Å². The first kappa shape index (κ1) is 7.47. The molecule has 0 amide bonds. The molecule has 0 saturated heterocycles. The molecule has 0 fully saturated rings. The molecule has 0 unspecified atom stereocenters. The van der Waals surface area contributed by atoms with Crippen LogP contribution in [0.15, 0.2) is 12.4 Å². The minimum absolute atomic E-state index is 0.576. The van der Waals surface area contributed by atoms with Gasteiger partial charge in [-0.05, 0) is 29.9 Å². The molecule has 0 spiro atoms. The van der Waals surface area contributed by atoms with Crippen molar-refractivity contribution in [3.05, 3.63) is 29.1 Å². The maximum atomic E-state index is 10.6. The van der Waals surface area contributed by atoms with E-state index < -0.39 is 0 Å². The Morgan fingerprint density at radius 2 is 2.42 bits per heavy atom. The summed E-state index contributed by atoms with van der Waals surface area (Å²) >= 11 is 0. The summed E-state index contributed by atoms with van der Waals surface area (Å²) in [6.07, 6.45) is 6.64. The van der Waals surface area contributed by atoms with Gasteiger partial charge in [0.1, 0.15) is 0 Å². The van der Waals surface area contributed by atoms with E-state index in [1.54, 1.807) is 6.20 Å². The lowest BCUT2D eigenvalue weighted by Crippen LogP contribution is -1.93. The third kappa shape index (κ3) is 0.951. The van der Waals surface area contributed by atoms with Crippen molar-refractivity contribution >= 4 is 6.29 Å². The molecule has 1 heterocycles. The average Bonchev–Trinajstić information content (AvgIpc) is 2.48. The smallest absolute Gasteiger partial charge is 0.151 e. The van der Waals surface area contributed by atoms with Gasteiger partial charge in [0.05, 0.1) is 0 Å². The molecule has 2 rings (SSSR count). The van der Waals surface area contributed by atoms with Crippen LogP contribution in [0, 0.1) is 0 Å². The minimum Gasteiger partial charge on any atom is -0.298 e. The van der Waals surface area contributed by atoms with Crippen molar-refractivity contribution in [2.75, 3.05) is 0 Å². The Bertz CT molecular complexity index is 320. The van der Waals surface area contributed by atoms with Gasteiger partial charge in [-0.15, -0.1) is 0 Å². The van der Waals surface area contributed by atoms with Gasteiger partial charge in [-0.25, -0.2) is 0 Å². The Hall–Kier alpha value is -1.18. The van der Waals surface area contributed by atoms with Gasteiger partial charge in [0.25, 0.3) is 0 Å². The number of aldehydes is 1. The van der Waals surface area contributed by atoms with Crippen molar-refractivity contribution in [2.45, 2.75) is 25.7 Å². The third-order valence-corrected chi connectivity index (χ3v) is 2.61. The summed E-state index contributed by atoms with van der Waals surface area (Å²) in [6.45, 7) is 2.18. The van der Waals surface area contributed by atoms with Gasteiger partial charge in [0.2, 0.25) is 0 Å². The Morgan fingerprint density at radius 1 is 1.58 bits per heavy atom. The first-order valence-corrected chi connectivity index (χ1v) is 4.25. The topological polar surface area (TPSA) is 30.0 Å². The number of carbonyl (C=O) groups is 1. The molecule has 2 heteroatoms. The van der Waals surface area contributed by atoms with Crippen molar-refractivity contribution in [2.24, 2.45) is 0 Å². The normalized spacial score (nSPS) is 20.6. The second-order valence-electron chi connectivity index (χ2n) is 3.35. The van der Waals surface area contributed by atoms with Gasteiger partial charge in [0, 0.05) is 18.0 Å². The van der Waals surface area contributed by atoms with E-state index in [9.17, 15) is 4.79 Å². The van der Waals surface area contributed by atoms with E-state index in [1.165, 1.54) is 11.1 Å². The number of carbonyl (C=O) groups excluding carboxylic acids is 1. The third-order valence-electron chi connectivity index (χ3n) is 2.61. The molecule has 0 N–H and O–H groups in total. The Labute approximate surface area is 71.6 Å². The molecular formula is C10H11NO. The van der Waals surface area contributed by atoms with Crippen LogP contribution in [0.5, 0.6) is 0 Å². The molecule has 1 aliphatic rings. The molecule has 1 aromatic heterocycles. The van der Waals surface area contributed by atoms with E-state index in [2.05, 4.69) is 11.9 Å². The highest BCUT2D eigenvalue weighted by Gasteiger charge is 2.20. The lowest BCUT2D eigenvalue weighted by Gasteiger charge is -2.03. The van der Waals surface area contributed by atoms with E-state index in [0.29, 0.717) is 5.92 Å². The van der Waals surface area contributed by atoms with Crippen LogP contribution in [0.1, 0.15) is 40.7 Å². The monoisotopic (exact) mass is 161 g/mol. The molecule has 0 radical (unpaired) electrons. The summed E-state index contributed by atoms with van der Waals surface area (Å²) in [7, 11) is 0. The number of fused-ring (bicyclic) bond motifs is 1. The molecule has 0 aromatic carbocycles. The zero-order valence-corrected chi connectivity index (χ0v) is 7.08. The fourth-order valence-electron chi connectivity index (χ4n) is 1.85. The molecule has 0 saturated carbocycles. The summed E-state index contributed by atoms with van der Waals surface area (Å²) in [5, 5.41) is 0. The lowest BCUT2D eigenvalue weighted by molar-refractivity contribution is 0.112. The van der Waals surface area contributed by atoms with Gasteiger partial charge >= 0.3 is 0 Å². The SMILES string of the molecule is C[C@@H]1CCc2c(C=O)cncc21. The van der Waals surface area contributed by atoms with E-state index >= 15 is 0 Å². The van der Waals surface area contributed by atoms with Crippen molar-refractivity contribution in [1.29, 1.82) is 0 Å². The summed E-state index contributed by atoms with van der Waals surface area (Å²) < 4.78 is 0. The van der Waals surface area contributed by atoms with E-state index in [1.807, 2.05) is 6.20 Å². The molecule has 12 heavy (non-hydrogen) atoms. The molecule has 1 atom stereocenters. The number of rotatable bonds is 1. The average molecular weight is 161 g/mol. The molecule has 0 aliphatic heterocycles. The van der Waals surface area contributed by atoms with Crippen LogP contribution in [0.3, 0.4) is 0 Å². The van der Waals surface area contributed by atoms with Crippen LogP contribution in [-0.4, -0.2) is 11.3 Å². The van der Waals surface area contributed by atoms with Gasteiger partial charge in [0.15, 0.2) is 6.29 Å². The molecule has 2 nitrogen and oxygen atoms in total. The summed E-state index contributed by atoms with van der Waals surface area (Å²) in [5.74, 6) is 0.576. The highest BCUT2D eigenvalue weighted by molar-refractivity contribution is 5.77. The first-order chi connectivity index (χ1) is 5.83. The molecule has 0 bridgehead atoms. The van der Waals surface area contributed by atoms with Crippen molar-refractivity contribution in [3.8, 4) is 0 Å². The fraction of sp³-hybridized carbons (Fsp3) is 0.400. The van der Waals surface area contributed by atoms with Crippen LogP contribution in [0.4, 0.5) is 0 Å². The van der Waals surface area contributed by atoms with E-state index in [-0.39, 0.29) is 0 Å². The van der Waals surface area contributed by atoms with E-state index in [4.69, 9.17) is 0 Å². The number of nitrogens with zero attached hydrogens (tertiary/aromatic N) is 1. The number of hydrogen-bond acceptors (Lipinski definition) is 2. The number of hydrogen-bond donors (Lipinski definition) is 0. The van der Waals surface area contributed by atoms with Crippen LogP contribution < -0.4 is 0 Å². The van der Waals surface area contributed by atoms with Gasteiger partial charge < -0.3 is 0 Å². The minimum atomic E-state index is 0.576. The predicted molar refractivity (Wildman–Crippen MR) is 46.4 cm³/mol. The van der Waals surface area contributed by atoms with Crippen molar-refractivity contribution in [3.63, 3.8) is 0 Å². The summed E-state index contributed by atoms with van der Waals surface area (Å²) in [4.78, 5) is 14.7. The Kier molecular flexibility index (Phi) is 1.68. The van der Waals surface area contributed by atoms with Crippen molar-refractivity contribution < 1.29 is 4.79 Å². The summed E-state index contributed by atoms with van der Waals surface area (Å²) in [5.41, 5.74) is 3.25. The number of pyridine rings is 1. The quantitative estimate of drug-likeness (QED) is 0.589. The largest absolute Gasteiger partial charge is 0.298 e. The lowest BCUT2D eigenvalue weighted by atomic mass is 10.0. The molecule has 1 aliphatic carbocycles. The molecular weight excluding hydrogens is 150 g/mol. The Morgan fingerprint density at radius 3 is 3.17 bits per heavy atom. The molecule has 62 valence electrons. The second kappa shape index (κ2) is 2.70. The first-order valence-electron chi connectivity index (χ1n) is 4.25. The highest BCUT2D eigenvalue weighted by Crippen LogP contribution is 2.32. The fourth-order valence-corrected chi connectivity index (χ4v) is 1.85. The van der Waals surface area contributed by atoms with Gasteiger partial charge in [-0.2, -0.15) is 0 Å². The maximum absolute atomic E-state index is 10.6. The van der Waals surface area contributed by atoms with Crippen LogP contribution in [0.25, 0.3) is 0 Å². The van der Waals surface area contributed by atoms with Crippen LogP contribution in [0.2, 0.25) is 0 Å². The predicted octanol–water partition coefficient (Wildman–Crippen LogP) is 1.94. The maximum Gasteiger partial charge on any atom is 0.151 e. The standard InChI is InChI=1S/C10H11NO/c1-7-2-3-9-8(6-12)4-11-5-10(7)9/h4-7H,2-3H2,1H3/t7-/m1/s1. The Balaban J connectivity index is 2.57. The second-order valence-corrected chi connectivity index (χ2v) is 3.35. The zero-order chi connectivity index (χ0) is 8.55. The number of aromatic nitrogens is 1.